The fourth-order valence-corrected chi connectivity index (χ4v) is 3.65. The quantitative estimate of drug-likeness (QED) is 0.567. The Hall–Kier alpha value is -2.19. The first-order valence-corrected chi connectivity index (χ1v) is 8.86. The Morgan fingerprint density at radius 3 is 2.70 bits per heavy atom. The van der Waals surface area contributed by atoms with Crippen molar-refractivity contribution in [3.05, 3.63) is 47.8 Å². The summed E-state index contributed by atoms with van der Waals surface area (Å²) in [4.78, 5) is 12.2. The molecule has 0 fully saturated rings. The zero-order valence-electron chi connectivity index (χ0n) is 12.7. The van der Waals surface area contributed by atoms with Crippen LogP contribution in [0.2, 0.25) is 0 Å². The van der Waals surface area contributed by atoms with Crippen LogP contribution in [0.4, 0.5) is 5.13 Å². The second kappa shape index (κ2) is 6.93. The highest BCUT2D eigenvalue weighted by atomic mass is 32.2. The molecular formula is C15H15N5OS2. The van der Waals surface area contributed by atoms with E-state index in [9.17, 15) is 4.79 Å². The minimum atomic E-state index is -0.196. The first kappa shape index (κ1) is 15.7. The van der Waals surface area contributed by atoms with Crippen LogP contribution in [0.15, 0.2) is 40.9 Å². The number of carbonyl (C=O) groups excluding carboxylic acids is 1. The Morgan fingerprint density at radius 1 is 1.26 bits per heavy atom. The zero-order valence-corrected chi connectivity index (χ0v) is 14.3. The van der Waals surface area contributed by atoms with Crippen LogP contribution in [0.5, 0.6) is 0 Å². The summed E-state index contributed by atoms with van der Waals surface area (Å²) in [7, 11) is 0. The fraction of sp³-hybridized carbons (Fsp3) is 0.200. The number of aromatic nitrogens is 4. The highest BCUT2D eigenvalue weighted by Gasteiger charge is 2.11. The van der Waals surface area contributed by atoms with E-state index in [-0.39, 0.29) is 5.91 Å². The van der Waals surface area contributed by atoms with Crippen molar-refractivity contribution in [3.8, 4) is 5.69 Å². The lowest BCUT2D eigenvalue weighted by atomic mass is 10.2. The number of thioether (sulfide) groups is 1. The van der Waals surface area contributed by atoms with Crippen LogP contribution in [0.1, 0.15) is 23.0 Å². The summed E-state index contributed by atoms with van der Waals surface area (Å²) in [5.74, 6) is 0.731. The molecule has 23 heavy (non-hydrogen) atoms. The normalized spacial score (nSPS) is 10.7. The van der Waals surface area contributed by atoms with Crippen molar-refractivity contribution >= 4 is 34.1 Å². The number of carbonyl (C=O) groups is 1. The SMILES string of the molecule is CCSc1nnc(NC(=O)c2ccc(-n3nccc3C)cc2)s1. The molecule has 3 rings (SSSR count). The van der Waals surface area contributed by atoms with E-state index in [2.05, 4.69) is 20.6 Å². The molecule has 6 nitrogen and oxygen atoms in total. The monoisotopic (exact) mass is 345 g/mol. The van der Waals surface area contributed by atoms with Gasteiger partial charge in [0.2, 0.25) is 5.13 Å². The molecule has 0 aliphatic carbocycles. The lowest BCUT2D eigenvalue weighted by molar-refractivity contribution is 0.102. The molecule has 0 aliphatic rings. The molecule has 0 radical (unpaired) electrons. The highest BCUT2D eigenvalue weighted by molar-refractivity contribution is 8.01. The number of amides is 1. The van der Waals surface area contributed by atoms with Crippen LogP contribution in [0.25, 0.3) is 5.69 Å². The molecule has 0 saturated carbocycles. The summed E-state index contributed by atoms with van der Waals surface area (Å²) in [6.07, 6.45) is 1.75. The molecule has 0 atom stereocenters. The Labute approximate surface area is 141 Å². The molecule has 1 amide bonds. The zero-order chi connectivity index (χ0) is 16.2. The van der Waals surface area contributed by atoms with Gasteiger partial charge in [0.1, 0.15) is 0 Å². The Balaban J connectivity index is 1.71. The van der Waals surface area contributed by atoms with E-state index in [1.165, 1.54) is 11.3 Å². The number of nitrogens with one attached hydrogen (secondary N) is 1. The average Bonchev–Trinajstić information content (AvgIpc) is 3.17. The van der Waals surface area contributed by atoms with Crippen molar-refractivity contribution in [1.29, 1.82) is 0 Å². The number of hydrogen-bond acceptors (Lipinski definition) is 6. The molecule has 0 spiro atoms. The number of nitrogens with zero attached hydrogens (tertiary/aromatic N) is 4. The molecule has 0 aliphatic heterocycles. The van der Waals surface area contributed by atoms with Crippen LogP contribution < -0.4 is 5.32 Å². The van der Waals surface area contributed by atoms with Crippen molar-refractivity contribution in [2.75, 3.05) is 11.1 Å². The molecule has 0 unspecified atom stereocenters. The van der Waals surface area contributed by atoms with Crippen molar-refractivity contribution < 1.29 is 4.79 Å². The standard InChI is InChI=1S/C15H15N5OS2/c1-3-22-15-19-18-14(23-15)17-13(21)11-4-6-12(7-5-11)20-10(2)8-9-16-20/h4-9H,3H2,1-2H3,(H,17,18,21). The summed E-state index contributed by atoms with van der Waals surface area (Å²) in [6, 6.07) is 9.21. The third-order valence-corrected chi connectivity index (χ3v) is 4.95. The third kappa shape index (κ3) is 3.59. The number of aryl methyl sites for hydroxylation is 1. The summed E-state index contributed by atoms with van der Waals surface area (Å²) < 4.78 is 2.67. The van der Waals surface area contributed by atoms with Crippen LogP contribution in [0, 0.1) is 6.92 Å². The van der Waals surface area contributed by atoms with Gasteiger partial charge in [0, 0.05) is 17.5 Å². The molecule has 0 saturated heterocycles. The van der Waals surface area contributed by atoms with Crippen LogP contribution in [0.3, 0.4) is 0 Å². The van der Waals surface area contributed by atoms with Crippen LogP contribution >= 0.6 is 23.1 Å². The topological polar surface area (TPSA) is 72.7 Å². The van der Waals surface area contributed by atoms with E-state index < -0.39 is 0 Å². The molecular weight excluding hydrogens is 330 g/mol. The van der Waals surface area contributed by atoms with Gasteiger partial charge in [-0.05, 0) is 43.0 Å². The highest BCUT2D eigenvalue weighted by Crippen LogP contribution is 2.25. The summed E-state index contributed by atoms with van der Waals surface area (Å²) >= 11 is 2.98. The van der Waals surface area contributed by atoms with Gasteiger partial charge in [-0.3, -0.25) is 10.1 Å². The van der Waals surface area contributed by atoms with E-state index in [4.69, 9.17) is 0 Å². The molecule has 0 bridgehead atoms. The second-order valence-electron chi connectivity index (χ2n) is 4.69. The van der Waals surface area contributed by atoms with Gasteiger partial charge in [0.15, 0.2) is 4.34 Å². The fourth-order valence-electron chi connectivity index (χ4n) is 2.01. The van der Waals surface area contributed by atoms with E-state index in [0.29, 0.717) is 10.7 Å². The van der Waals surface area contributed by atoms with Gasteiger partial charge in [-0.1, -0.05) is 30.0 Å². The molecule has 8 heteroatoms. The van der Waals surface area contributed by atoms with Gasteiger partial charge < -0.3 is 0 Å². The third-order valence-electron chi connectivity index (χ3n) is 3.10. The first-order chi connectivity index (χ1) is 11.2. The van der Waals surface area contributed by atoms with Crippen LogP contribution in [-0.4, -0.2) is 31.6 Å². The summed E-state index contributed by atoms with van der Waals surface area (Å²) in [5, 5.41) is 15.5. The molecule has 3 aromatic rings. The van der Waals surface area contributed by atoms with Gasteiger partial charge >= 0.3 is 0 Å². The Kier molecular flexibility index (Phi) is 4.73. The second-order valence-corrected chi connectivity index (χ2v) is 7.18. The molecule has 1 aromatic carbocycles. The van der Waals surface area contributed by atoms with Crippen molar-refractivity contribution in [1.82, 2.24) is 20.0 Å². The van der Waals surface area contributed by atoms with Gasteiger partial charge in [0.25, 0.3) is 5.91 Å². The van der Waals surface area contributed by atoms with E-state index in [0.717, 1.165) is 21.5 Å². The lowest BCUT2D eigenvalue weighted by Gasteiger charge is -2.06. The predicted molar refractivity (Wildman–Crippen MR) is 92.6 cm³/mol. The smallest absolute Gasteiger partial charge is 0.257 e. The molecule has 2 heterocycles. The van der Waals surface area contributed by atoms with Gasteiger partial charge in [-0.25, -0.2) is 4.68 Å². The van der Waals surface area contributed by atoms with E-state index >= 15 is 0 Å². The Morgan fingerprint density at radius 2 is 2.04 bits per heavy atom. The maximum absolute atomic E-state index is 12.2. The minimum absolute atomic E-state index is 0.196. The number of hydrogen-bond donors (Lipinski definition) is 1. The maximum atomic E-state index is 12.2. The van der Waals surface area contributed by atoms with E-state index in [1.54, 1.807) is 30.1 Å². The summed E-state index contributed by atoms with van der Waals surface area (Å²) in [5.41, 5.74) is 2.53. The summed E-state index contributed by atoms with van der Waals surface area (Å²) in [6.45, 7) is 4.03. The number of benzene rings is 1. The average molecular weight is 345 g/mol. The van der Waals surface area contributed by atoms with Crippen molar-refractivity contribution in [2.45, 2.75) is 18.2 Å². The molecule has 118 valence electrons. The maximum Gasteiger partial charge on any atom is 0.257 e. The van der Waals surface area contributed by atoms with Gasteiger partial charge in [-0.2, -0.15) is 5.10 Å². The van der Waals surface area contributed by atoms with Crippen LogP contribution in [-0.2, 0) is 0 Å². The van der Waals surface area contributed by atoms with Crippen molar-refractivity contribution in [2.24, 2.45) is 0 Å². The largest absolute Gasteiger partial charge is 0.296 e. The molecule has 1 N–H and O–H groups in total. The minimum Gasteiger partial charge on any atom is -0.296 e. The van der Waals surface area contributed by atoms with Gasteiger partial charge in [-0.15, -0.1) is 10.2 Å². The first-order valence-electron chi connectivity index (χ1n) is 7.06. The molecule has 2 aromatic heterocycles. The van der Waals surface area contributed by atoms with Crippen molar-refractivity contribution in [3.63, 3.8) is 0 Å². The van der Waals surface area contributed by atoms with Gasteiger partial charge in [0.05, 0.1) is 5.69 Å². The Bertz CT molecular complexity index is 809. The number of anilines is 1. The lowest BCUT2D eigenvalue weighted by Crippen LogP contribution is -2.11. The number of rotatable bonds is 5. The van der Waals surface area contributed by atoms with E-state index in [1.807, 2.05) is 36.7 Å². The predicted octanol–water partition coefficient (Wildman–Crippen LogP) is 3.40.